The highest BCUT2D eigenvalue weighted by Gasteiger charge is 2.16. The molecule has 18 heavy (non-hydrogen) atoms. The van der Waals surface area contributed by atoms with E-state index in [2.05, 4.69) is 4.74 Å². The molecule has 0 aliphatic carbocycles. The molecule has 0 aliphatic rings. The van der Waals surface area contributed by atoms with E-state index in [9.17, 15) is 14.4 Å². The minimum Gasteiger partial charge on any atom is -0.468 e. The lowest BCUT2D eigenvalue weighted by Gasteiger charge is -2.07. The minimum atomic E-state index is -0.789. The summed E-state index contributed by atoms with van der Waals surface area (Å²) in [5, 5.41) is 0. The number of carbonyl (C=O) groups excluding carboxylic acids is 2. The van der Waals surface area contributed by atoms with Crippen molar-refractivity contribution in [2.24, 2.45) is 5.73 Å². The topological polar surface area (TPSA) is 105 Å². The standard InChI is InChI=1S/C10H14N2O5S/c1-6-3-8(13)12(17-6)9(14)5-18-4-7(11)10(15)16-2/h3,7H,4-5,11H2,1-2H3. The molecule has 7 nitrogen and oxygen atoms in total. The maximum atomic E-state index is 11.6. The first kappa shape index (κ1) is 14.5. The van der Waals surface area contributed by atoms with Gasteiger partial charge in [-0.2, -0.15) is 0 Å². The summed E-state index contributed by atoms with van der Waals surface area (Å²) in [6.45, 7) is 1.57. The van der Waals surface area contributed by atoms with Crippen LogP contribution >= 0.6 is 11.8 Å². The normalized spacial score (nSPS) is 12.2. The Morgan fingerprint density at radius 2 is 2.28 bits per heavy atom. The Kier molecular flexibility index (Phi) is 5.17. The van der Waals surface area contributed by atoms with E-state index in [4.69, 9.17) is 10.3 Å². The molecule has 1 rings (SSSR count). The fourth-order valence-corrected chi connectivity index (χ4v) is 1.97. The fraction of sp³-hybridized carbons (Fsp3) is 0.500. The minimum absolute atomic E-state index is 0.00243. The van der Waals surface area contributed by atoms with Gasteiger partial charge in [0, 0.05) is 11.8 Å². The predicted octanol–water partition coefficient (Wildman–Crippen LogP) is -0.377. The summed E-state index contributed by atoms with van der Waals surface area (Å²) < 4.78 is 10.0. The lowest BCUT2D eigenvalue weighted by Crippen LogP contribution is -2.34. The molecule has 0 fully saturated rings. The van der Waals surface area contributed by atoms with Gasteiger partial charge in [0.1, 0.15) is 11.8 Å². The zero-order chi connectivity index (χ0) is 13.7. The Morgan fingerprint density at radius 1 is 1.61 bits per heavy atom. The van der Waals surface area contributed by atoms with Crippen LogP contribution in [0, 0.1) is 6.92 Å². The van der Waals surface area contributed by atoms with Crippen LogP contribution in [0.1, 0.15) is 10.6 Å². The molecule has 0 amide bonds. The lowest BCUT2D eigenvalue weighted by molar-refractivity contribution is -0.141. The second-order valence-corrected chi connectivity index (χ2v) is 4.55. The van der Waals surface area contributed by atoms with Gasteiger partial charge in [0.15, 0.2) is 0 Å². The molecule has 0 aromatic carbocycles. The van der Waals surface area contributed by atoms with Gasteiger partial charge in [-0.15, -0.1) is 16.5 Å². The van der Waals surface area contributed by atoms with Crippen molar-refractivity contribution in [3.63, 3.8) is 0 Å². The summed E-state index contributed by atoms with van der Waals surface area (Å²) in [5.41, 5.74) is 4.98. The van der Waals surface area contributed by atoms with Crippen molar-refractivity contribution in [2.45, 2.75) is 13.0 Å². The molecule has 8 heteroatoms. The number of thioether (sulfide) groups is 1. The molecular weight excluding hydrogens is 260 g/mol. The van der Waals surface area contributed by atoms with Crippen LogP contribution in [0.3, 0.4) is 0 Å². The molecule has 1 aromatic heterocycles. The summed E-state index contributed by atoms with van der Waals surface area (Å²) in [6, 6.07) is 0.436. The maximum Gasteiger partial charge on any atom is 0.323 e. The number of aromatic nitrogens is 1. The molecule has 0 bridgehead atoms. The van der Waals surface area contributed by atoms with E-state index in [0.717, 1.165) is 11.8 Å². The molecule has 0 saturated heterocycles. The molecule has 0 radical (unpaired) electrons. The molecule has 1 unspecified atom stereocenters. The van der Waals surface area contributed by atoms with E-state index in [1.165, 1.54) is 13.2 Å². The second-order valence-electron chi connectivity index (χ2n) is 3.52. The molecule has 100 valence electrons. The van der Waals surface area contributed by atoms with Crippen LogP contribution in [-0.4, -0.2) is 41.3 Å². The summed E-state index contributed by atoms with van der Waals surface area (Å²) in [5.74, 6) is -0.439. The molecule has 2 N–H and O–H groups in total. The SMILES string of the molecule is COC(=O)C(N)CSCC(=O)n1oc(C)cc1=O. The van der Waals surface area contributed by atoms with Crippen LogP contribution < -0.4 is 11.3 Å². The van der Waals surface area contributed by atoms with Gasteiger partial charge in [-0.3, -0.25) is 14.4 Å². The highest BCUT2D eigenvalue weighted by molar-refractivity contribution is 8.00. The van der Waals surface area contributed by atoms with E-state index in [-0.39, 0.29) is 11.5 Å². The smallest absolute Gasteiger partial charge is 0.323 e. The number of nitrogens with two attached hydrogens (primary N) is 1. The first-order chi connectivity index (χ1) is 8.45. The number of rotatable bonds is 5. The largest absolute Gasteiger partial charge is 0.468 e. The quantitative estimate of drug-likeness (QED) is 0.730. The lowest BCUT2D eigenvalue weighted by atomic mass is 10.4. The van der Waals surface area contributed by atoms with Gasteiger partial charge in [0.05, 0.1) is 12.9 Å². The van der Waals surface area contributed by atoms with Crippen molar-refractivity contribution in [3.05, 3.63) is 22.2 Å². The zero-order valence-electron chi connectivity index (χ0n) is 10.0. The Bertz CT molecular complexity index is 493. The van der Waals surface area contributed by atoms with E-state index in [1.54, 1.807) is 6.92 Å². The van der Waals surface area contributed by atoms with Gasteiger partial charge in [-0.05, 0) is 6.92 Å². The molecule has 1 heterocycles. The van der Waals surface area contributed by atoms with Gasteiger partial charge < -0.3 is 15.0 Å². The van der Waals surface area contributed by atoms with Gasteiger partial charge >= 0.3 is 5.97 Å². The second kappa shape index (κ2) is 6.41. The van der Waals surface area contributed by atoms with Gasteiger partial charge in [-0.25, -0.2) is 0 Å². The van der Waals surface area contributed by atoms with E-state index >= 15 is 0 Å². The third-order valence-corrected chi connectivity index (χ3v) is 3.06. The van der Waals surface area contributed by atoms with Crippen molar-refractivity contribution < 1.29 is 18.8 Å². The Balaban J connectivity index is 2.45. The Labute approximate surface area is 107 Å². The molecule has 1 aromatic rings. The van der Waals surface area contributed by atoms with Crippen LogP contribution in [0.4, 0.5) is 0 Å². The molecule has 0 spiro atoms. The van der Waals surface area contributed by atoms with Gasteiger partial charge in [0.25, 0.3) is 11.5 Å². The number of aryl methyl sites for hydroxylation is 1. The predicted molar refractivity (Wildman–Crippen MR) is 65.6 cm³/mol. The van der Waals surface area contributed by atoms with Crippen molar-refractivity contribution >= 4 is 23.6 Å². The molecule has 0 saturated carbocycles. The van der Waals surface area contributed by atoms with E-state index < -0.39 is 23.5 Å². The van der Waals surface area contributed by atoms with Crippen LogP contribution in [0.5, 0.6) is 0 Å². The molecule has 0 aliphatic heterocycles. The number of hydrogen-bond acceptors (Lipinski definition) is 7. The summed E-state index contributed by atoms with van der Waals surface area (Å²) in [7, 11) is 1.24. The summed E-state index contributed by atoms with van der Waals surface area (Å²) in [6.07, 6.45) is 0. The van der Waals surface area contributed by atoms with Crippen LogP contribution in [-0.2, 0) is 9.53 Å². The van der Waals surface area contributed by atoms with Crippen LogP contribution in [0.25, 0.3) is 0 Å². The number of ether oxygens (including phenoxy) is 1. The maximum absolute atomic E-state index is 11.6. The van der Waals surface area contributed by atoms with Crippen LogP contribution in [0.15, 0.2) is 15.4 Å². The number of carbonyl (C=O) groups is 2. The van der Waals surface area contributed by atoms with Crippen molar-refractivity contribution in [2.75, 3.05) is 18.6 Å². The Hall–Kier alpha value is -1.54. The van der Waals surface area contributed by atoms with E-state index in [0.29, 0.717) is 10.5 Å². The summed E-state index contributed by atoms with van der Waals surface area (Å²) >= 11 is 1.13. The van der Waals surface area contributed by atoms with Gasteiger partial charge in [-0.1, -0.05) is 0 Å². The number of methoxy groups -OCH3 is 1. The summed E-state index contributed by atoms with van der Waals surface area (Å²) in [4.78, 5) is 33.9. The van der Waals surface area contributed by atoms with Gasteiger partial charge in [0.2, 0.25) is 0 Å². The number of esters is 1. The third-order valence-electron chi connectivity index (χ3n) is 2.02. The average molecular weight is 274 g/mol. The molecular formula is C10H14N2O5S. The van der Waals surface area contributed by atoms with Crippen molar-refractivity contribution in [1.29, 1.82) is 0 Å². The zero-order valence-corrected chi connectivity index (χ0v) is 10.9. The van der Waals surface area contributed by atoms with Crippen LogP contribution in [0.2, 0.25) is 0 Å². The average Bonchev–Trinajstić information content (AvgIpc) is 2.67. The first-order valence-corrected chi connectivity index (χ1v) is 6.25. The number of hydrogen-bond donors (Lipinski definition) is 1. The van der Waals surface area contributed by atoms with Crippen molar-refractivity contribution in [1.82, 2.24) is 4.74 Å². The fourth-order valence-electron chi connectivity index (χ4n) is 1.17. The number of nitrogens with zero attached hydrogens (tertiary/aromatic N) is 1. The van der Waals surface area contributed by atoms with Crippen molar-refractivity contribution in [3.8, 4) is 0 Å². The monoisotopic (exact) mass is 274 g/mol. The Morgan fingerprint density at radius 3 is 2.78 bits per heavy atom. The highest BCUT2D eigenvalue weighted by atomic mass is 32.2. The third kappa shape index (κ3) is 3.74. The first-order valence-electron chi connectivity index (χ1n) is 5.10. The van der Waals surface area contributed by atoms with E-state index in [1.807, 2.05) is 0 Å². The highest BCUT2D eigenvalue weighted by Crippen LogP contribution is 2.04. The molecule has 1 atom stereocenters.